The largest absolute Gasteiger partial charge is 0.392 e. The number of rotatable bonds is 10. The molecular weight excluding hydrogens is 310 g/mol. The fourth-order valence-electron chi connectivity index (χ4n) is 3.21. The summed E-state index contributed by atoms with van der Waals surface area (Å²) in [4.78, 5) is 14.8. The average Bonchev–Trinajstić information content (AvgIpc) is 2.82. The van der Waals surface area contributed by atoms with Crippen LogP contribution in [0.4, 0.5) is 0 Å². The molecule has 0 bridgehead atoms. The van der Waals surface area contributed by atoms with Crippen molar-refractivity contribution < 1.29 is 14.6 Å². The summed E-state index contributed by atoms with van der Waals surface area (Å²) in [7, 11) is 0. The van der Waals surface area contributed by atoms with Crippen molar-refractivity contribution in [1.29, 1.82) is 0 Å². The van der Waals surface area contributed by atoms with Crippen molar-refractivity contribution in [2.75, 3.05) is 18.6 Å². The lowest BCUT2D eigenvalue weighted by Gasteiger charge is -2.36. The molecule has 0 spiro atoms. The van der Waals surface area contributed by atoms with Gasteiger partial charge in [0.15, 0.2) is 0 Å². The van der Waals surface area contributed by atoms with Gasteiger partial charge in [-0.15, -0.1) is 0 Å². The van der Waals surface area contributed by atoms with Gasteiger partial charge in [0.2, 0.25) is 5.91 Å². The van der Waals surface area contributed by atoms with E-state index in [1.165, 1.54) is 12.8 Å². The number of ether oxygens (including phenoxy) is 1. The first-order valence-electron chi connectivity index (χ1n) is 8.99. The second-order valence-corrected chi connectivity index (χ2v) is 8.09. The van der Waals surface area contributed by atoms with Gasteiger partial charge in [0.1, 0.15) is 5.72 Å². The van der Waals surface area contributed by atoms with Crippen LogP contribution in [-0.2, 0) is 9.53 Å². The Kier molecular flexibility index (Phi) is 8.94. The first-order valence-corrected chi connectivity index (χ1v) is 10.4. The Bertz CT molecular complexity index is 362. The normalized spacial score (nSPS) is 23.0. The Hall–Kier alpha value is -0.260. The van der Waals surface area contributed by atoms with Crippen LogP contribution in [0.25, 0.3) is 0 Å². The van der Waals surface area contributed by atoms with Crippen LogP contribution in [0.2, 0.25) is 0 Å². The number of carbonyl (C=O) groups excluding carboxylic acids is 1. The van der Waals surface area contributed by atoms with Crippen LogP contribution >= 0.6 is 11.8 Å². The van der Waals surface area contributed by atoms with E-state index in [0.717, 1.165) is 25.0 Å². The van der Waals surface area contributed by atoms with Gasteiger partial charge in [-0.1, -0.05) is 39.5 Å². The summed E-state index contributed by atoms with van der Waals surface area (Å²) in [5.41, 5.74) is -0.573. The molecule has 3 atom stereocenters. The SMILES string of the molecule is CCCCCC[C@@H](O)[C@@H](C)C(=O)N1[C@@H](CCSC)COC1(C)C. The Morgan fingerprint density at radius 3 is 2.70 bits per heavy atom. The lowest BCUT2D eigenvalue weighted by Crippen LogP contribution is -2.51. The highest BCUT2D eigenvalue weighted by molar-refractivity contribution is 7.98. The minimum Gasteiger partial charge on any atom is -0.392 e. The second-order valence-electron chi connectivity index (χ2n) is 7.11. The molecule has 0 aliphatic carbocycles. The number of thioether (sulfide) groups is 1. The molecular formula is C18H35NO3S. The summed E-state index contributed by atoms with van der Waals surface area (Å²) < 4.78 is 5.84. The summed E-state index contributed by atoms with van der Waals surface area (Å²) in [5, 5.41) is 10.4. The van der Waals surface area contributed by atoms with Gasteiger partial charge in [-0.25, -0.2) is 0 Å². The molecule has 1 heterocycles. The van der Waals surface area contributed by atoms with Gasteiger partial charge in [0.05, 0.1) is 24.7 Å². The maximum Gasteiger partial charge on any atom is 0.230 e. The number of nitrogens with zero attached hydrogens (tertiary/aromatic N) is 1. The van der Waals surface area contributed by atoms with Crippen LogP contribution in [-0.4, -0.2) is 52.4 Å². The molecule has 0 unspecified atom stereocenters. The van der Waals surface area contributed by atoms with E-state index in [1.807, 2.05) is 25.7 Å². The van der Waals surface area contributed by atoms with Crippen LogP contribution < -0.4 is 0 Å². The number of hydrogen-bond acceptors (Lipinski definition) is 4. The van der Waals surface area contributed by atoms with E-state index < -0.39 is 11.8 Å². The summed E-state index contributed by atoms with van der Waals surface area (Å²) in [6.45, 7) is 8.52. The minimum absolute atomic E-state index is 0.0293. The quantitative estimate of drug-likeness (QED) is 0.614. The van der Waals surface area contributed by atoms with E-state index in [9.17, 15) is 9.90 Å². The van der Waals surface area contributed by atoms with Crippen molar-refractivity contribution in [2.24, 2.45) is 5.92 Å². The molecule has 1 aliphatic heterocycles. The zero-order chi connectivity index (χ0) is 17.5. The lowest BCUT2D eigenvalue weighted by molar-refractivity contribution is -0.153. The molecule has 1 fully saturated rings. The molecule has 1 N–H and O–H groups in total. The van der Waals surface area contributed by atoms with Gasteiger partial charge in [-0.2, -0.15) is 11.8 Å². The third-order valence-corrected chi connectivity index (χ3v) is 5.43. The van der Waals surface area contributed by atoms with Gasteiger partial charge in [-0.05, 0) is 38.7 Å². The number of aliphatic hydroxyl groups excluding tert-OH is 1. The standard InChI is InChI=1S/C18H35NO3S/c1-6-7-8-9-10-16(20)14(2)17(21)19-15(11-12-23-5)13-22-18(19,3)4/h14-16,20H,6-13H2,1-5H3/t14-,15+,16-/m1/s1. The van der Waals surface area contributed by atoms with Gasteiger partial charge >= 0.3 is 0 Å². The zero-order valence-electron chi connectivity index (χ0n) is 15.5. The molecule has 0 aromatic carbocycles. The van der Waals surface area contributed by atoms with Crippen LogP contribution in [0.15, 0.2) is 0 Å². The van der Waals surface area contributed by atoms with Crippen molar-refractivity contribution in [3.63, 3.8) is 0 Å². The van der Waals surface area contributed by atoms with Crippen LogP contribution in [0.3, 0.4) is 0 Å². The number of carbonyl (C=O) groups is 1. The Labute approximate surface area is 146 Å². The van der Waals surface area contributed by atoms with Crippen molar-refractivity contribution in [1.82, 2.24) is 4.90 Å². The Morgan fingerprint density at radius 2 is 2.09 bits per heavy atom. The summed E-state index contributed by atoms with van der Waals surface area (Å²) in [5.74, 6) is 0.679. The Morgan fingerprint density at radius 1 is 1.39 bits per heavy atom. The molecule has 1 saturated heterocycles. The third kappa shape index (κ3) is 5.95. The molecule has 0 aromatic heterocycles. The molecule has 23 heavy (non-hydrogen) atoms. The minimum atomic E-state index is -0.573. The summed E-state index contributed by atoms with van der Waals surface area (Å²) in [6, 6.07) is 0.125. The molecule has 4 nitrogen and oxygen atoms in total. The van der Waals surface area contributed by atoms with Crippen molar-refractivity contribution >= 4 is 17.7 Å². The third-order valence-electron chi connectivity index (χ3n) is 4.79. The molecule has 1 rings (SSSR count). The summed E-state index contributed by atoms with van der Waals surface area (Å²) >= 11 is 1.79. The molecule has 0 saturated carbocycles. The highest BCUT2D eigenvalue weighted by Gasteiger charge is 2.45. The molecule has 1 amide bonds. The van der Waals surface area contributed by atoms with Gasteiger partial charge < -0.3 is 14.7 Å². The van der Waals surface area contributed by atoms with Gasteiger partial charge in [-0.3, -0.25) is 4.79 Å². The highest BCUT2D eigenvalue weighted by Crippen LogP contribution is 2.32. The van der Waals surface area contributed by atoms with Gasteiger partial charge in [0, 0.05) is 0 Å². The Balaban J connectivity index is 2.63. The van der Waals surface area contributed by atoms with Crippen LogP contribution in [0.5, 0.6) is 0 Å². The van der Waals surface area contributed by atoms with Crippen molar-refractivity contribution in [3.8, 4) is 0 Å². The average molecular weight is 346 g/mol. The molecule has 136 valence electrons. The van der Waals surface area contributed by atoms with Crippen LogP contribution in [0, 0.1) is 5.92 Å². The van der Waals surface area contributed by atoms with E-state index in [1.54, 1.807) is 11.8 Å². The number of hydrogen-bond donors (Lipinski definition) is 1. The fourth-order valence-corrected chi connectivity index (χ4v) is 3.72. The number of amides is 1. The molecule has 0 aromatic rings. The number of aliphatic hydroxyl groups is 1. The first kappa shape index (κ1) is 20.8. The van der Waals surface area contributed by atoms with Crippen molar-refractivity contribution in [2.45, 2.75) is 84.1 Å². The predicted molar refractivity (Wildman–Crippen MR) is 97.6 cm³/mol. The first-order chi connectivity index (χ1) is 10.8. The summed E-state index contributed by atoms with van der Waals surface area (Å²) in [6.07, 6.45) is 7.66. The number of unbranched alkanes of at least 4 members (excludes halogenated alkanes) is 3. The van der Waals surface area contributed by atoms with E-state index in [4.69, 9.17) is 4.74 Å². The zero-order valence-corrected chi connectivity index (χ0v) is 16.3. The molecule has 0 radical (unpaired) electrons. The molecule has 5 heteroatoms. The van der Waals surface area contributed by atoms with E-state index in [-0.39, 0.29) is 17.9 Å². The highest BCUT2D eigenvalue weighted by atomic mass is 32.2. The maximum atomic E-state index is 12.9. The fraction of sp³-hybridized carbons (Fsp3) is 0.944. The van der Waals surface area contributed by atoms with Gasteiger partial charge in [0.25, 0.3) is 0 Å². The second kappa shape index (κ2) is 9.90. The van der Waals surface area contributed by atoms with E-state index in [0.29, 0.717) is 13.0 Å². The van der Waals surface area contributed by atoms with E-state index in [2.05, 4.69) is 13.2 Å². The van der Waals surface area contributed by atoms with Crippen molar-refractivity contribution in [3.05, 3.63) is 0 Å². The van der Waals surface area contributed by atoms with E-state index >= 15 is 0 Å². The topological polar surface area (TPSA) is 49.8 Å². The maximum absolute atomic E-state index is 12.9. The molecule has 1 aliphatic rings. The smallest absolute Gasteiger partial charge is 0.230 e. The lowest BCUT2D eigenvalue weighted by atomic mass is 9.96. The monoisotopic (exact) mass is 345 g/mol. The van der Waals surface area contributed by atoms with Crippen LogP contribution in [0.1, 0.15) is 66.2 Å². The predicted octanol–water partition coefficient (Wildman–Crippen LogP) is 3.67.